The number of hydrogen-bond acceptors (Lipinski definition) is 17. The molecule has 4 amide bonds. The van der Waals surface area contributed by atoms with Crippen LogP contribution in [0.25, 0.3) is 10.9 Å². The standard InChI is InChI=1S/C53H71N13O9S/c1-31-32(2)62-63-45(31)61-46-38-25-43(76(71,72)53(7,8)9)42(26-40(38)57-30-58-46)73-23-22-64-18-20-65(21-19-64)50-55-27-36(28-56-50)75-35-24-41(48(68)59-39-17-13-15-34-14-11-12-16-37(34)39)66(29-35)49(69)44(52(4,5)6)60-47(67)33(3)74-51(70)54-10/h11-12,14,16,25-28,30,33,35,39,41,44H,13,15,17-24,29H2,1-10H3,(H,54,70)(H,59,68)(H,60,67)(H2,57,58,61,62,63)/t33?,35-,39+,41-,44?/m0/s1. The summed E-state index contributed by atoms with van der Waals surface area (Å²) in [6.45, 7) is 19.0. The second-order valence-corrected chi connectivity index (χ2v) is 24.4. The van der Waals surface area contributed by atoms with Crippen LogP contribution in [0.2, 0.25) is 0 Å². The fourth-order valence-corrected chi connectivity index (χ4v) is 10.9. The van der Waals surface area contributed by atoms with Gasteiger partial charge in [-0.25, -0.2) is 33.1 Å². The summed E-state index contributed by atoms with van der Waals surface area (Å²) < 4.78 is 44.8. The van der Waals surface area contributed by atoms with Crippen LogP contribution in [0.15, 0.2) is 60.0 Å². The predicted octanol–water partition coefficient (Wildman–Crippen LogP) is 5.09. The molecule has 5 heterocycles. The van der Waals surface area contributed by atoms with Gasteiger partial charge in [0.05, 0.1) is 35.2 Å². The Morgan fingerprint density at radius 1 is 0.934 bits per heavy atom. The van der Waals surface area contributed by atoms with E-state index in [1.165, 1.54) is 30.8 Å². The van der Waals surface area contributed by atoms with Crippen LogP contribution in [0, 0.1) is 19.3 Å². The molecule has 22 nitrogen and oxygen atoms in total. The first kappa shape index (κ1) is 55.1. The van der Waals surface area contributed by atoms with Gasteiger partial charge in [0.15, 0.2) is 27.5 Å². The van der Waals surface area contributed by atoms with E-state index in [0.717, 1.165) is 36.1 Å². The monoisotopic (exact) mass is 1070 g/mol. The molecule has 0 radical (unpaired) electrons. The molecular formula is C53H71N13O9S. The molecule has 23 heteroatoms. The van der Waals surface area contributed by atoms with E-state index in [1.807, 2.05) is 52.8 Å². The van der Waals surface area contributed by atoms with E-state index >= 15 is 0 Å². The molecule has 2 saturated heterocycles. The Balaban J connectivity index is 0.906. The molecular weight excluding hydrogens is 995 g/mol. The van der Waals surface area contributed by atoms with Gasteiger partial charge in [-0.3, -0.25) is 24.4 Å². The predicted molar refractivity (Wildman–Crippen MR) is 285 cm³/mol. The van der Waals surface area contributed by atoms with Crippen molar-refractivity contribution in [3.05, 3.63) is 77.5 Å². The van der Waals surface area contributed by atoms with Gasteiger partial charge in [0.25, 0.3) is 5.91 Å². The number of aromatic amines is 1. The van der Waals surface area contributed by atoms with Crippen LogP contribution in [0.1, 0.15) is 96.2 Å². The van der Waals surface area contributed by atoms with E-state index in [1.54, 1.807) is 45.3 Å². The molecule has 0 bridgehead atoms. The van der Waals surface area contributed by atoms with E-state index in [0.29, 0.717) is 67.0 Å². The zero-order valence-corrected chi connectivity index (χ0v) is 45.8. The SMILES string of the molecule is CNC(=O)OC(C)C(=O)NC(C(=O)N1C[C@@H](Oc2cnc(N3CCN(CCOc4cc5ncnc(Nc6n[nH]c(C)c6C)c5cc4S(=O)(=O)C(C)(C)C)CC3)nc2)C[C@H]1C(=O)N[C@@H]1CCCc2ccccc21)C(C)(C)C. The average molecular weight is 1070 g/mol. The average Bonchev–Trinajstić information content (AvgIpc) is 3.97. The number of carbonyl (C=O) groups is 4. The molecule has 3 aromatic heterocycles. The van der Waals surface area contributed by atoms with Gasteiger partial charge in [0.1, 0.15) is 47.6 Å². The maximum atomic E-state index is 14.7. The van der Waals surface area contributed by atoms with Gasteiger partial charge in [0.2, 0.25) is 17.8 Å². The Hall–Kier alpha value is -7.14. The number of alkyl carbamates (subject to hydrolysis) is 1. The van der Waals surface area contributed by atoms with E-state index in [9.17, 15) is 27.6 Å². The lowest BCUT2D eigenvalue weighted by Crippen LogP contribution is -2.59. The third kappa shape index (κ3) is 12.3. The summed E-state index contributed by atoms with van der Waals surface area (Å²) in [5, 5.41) is 19.4. The number of aryl methyl sites for hydroxylation is 2. The number of hydrogen-bond donors (Lipinski definition) is 5. The molecule has 2 fully saturated rings. The number of rotatable bonds is 16. The van der Waals surface area contributed by atoms with Crippen molar-refractivity contribution in [2.24, 2.45) is 5.41 Å². The number of amides is 4. The van der Waals surface area contributed by atoms with Crippen LogP contribution in [0.4, 0.5) is 22.4 Å². The summed E-state index contributed by atoms with van der Waals surface area (Å²) in [4.78, 5) is 78.3. The van der Waals surface area contributed by atoms with Crippen LogP contribution in [-0.2, 0) is 35.4 Å². The van der Waals surface area contributed by atoms with Crippen molar-refractivity contribution in [1.82, 2.24) is 55.9 Å². The van der Waals surface area contributed by atoms with Crippen LogP contribution < -0.4 is 35.6 Å². The highest BCUT2D eigenvalue weighted by Crippen LogP contribution is 2.38. The van der Waals surface area contributed by atoms with Crippen LogP contribution in [0.3, 0.4) is 0 Å². The number of sulfone groups is 1. The topological polar surface area (TPSA) is 268 Å². The van der Waals surface area contributed by atoms with Crippen LogP contribution in [-0.4, -0.2) is 154 Å². The van der Waals surface area contributed by atoms with Crippen molar-refractivity contribution in [2.75, 3.05) is 63.1 Å². The van der Waals surface area contributed by atoms with Gasteiger partial charge in [-0.2, -0.15) is 5.10 Å². The second-order valence-electron chi connectivity index (χ2n) is 21.7. The highest BCUT2D eigenvalue weighted by atomic mass is 32.2. The Bertz CT molecular complexity index is 3040. The van der Waals surface area contributed by atoms with Gasteiger partial charge in [-0.1, -0.05) is 45.0 Å². The number of ether oxygens (including phenoxy) is 3. The summed E-state index contributed by atoms with van der Waals surface area (Å²) in [6.07, 6.45) is 4.74. The minimum absolute atomic E-state index is 0.0474. The molecule has 8 rings (SSSR count). The van der Waals surface area contributed by atoms with E-state index in [-0.39, 0.29) is 42.2 Å². The molecule has 76 heavy (non-hydrogen) atoms. The number of anilines is 3. The number of nitrogens with one attached hydrogen (secondary N) is 5. The molecule has 1 aliphatic carbocycles. The quantitative estimate of drug-likeness (QED) is 0.0861. The molecule has 5 aromatic rings. The first-order valence-electron chi connectivity index (χ1n) is 25.8. The van der Waals surface area contributed by atoms with Crippen molar-refractivity contribution in [3.63, 3.8) is 0 Å². The van der Waals surface area contributed by atoms with E-state index in [2.05, 4.69) is 67.3 Å². The highest BCUT2D eigenvalue weighted by molar-refractivity contribution is 7.92. The van der Waals surface area contributed by atoms with Crippen molar-refractivity contribution in [3.8, 4) is 11.5 Å². The maximum Gasteiger partial charge on any atom is 0.407 e. The van der Waals surface area contributed by atoms with Crippen molar-refractivity contribution in [1.29, 1.82) is 0 Å². The molecule has 2 aliphatic heterocycles. The molecule has 0 saturated carbocycles. The van der Waals surface area contributed by atoms with E-state index < -0.39 is 62.2 Å². The van der Waals surface area contributed by atoms with Gasteiger partial charge >= 0.3 is 6.09 Å². The van der Waals surface area contributed by atoms with Crippen molar-refractivity contribution in [2.45, 2.75) is 128 Å². The third-order valence-electron chi connectivity index (χ3n) is 14.3. The van der Waals surface area contributed by atoms with Crippen molar-refractivity contribution < 1.29 is 41.8 Å². The number of H-pyrrole nitrogens is 1. The number of aromatic nitrogens is 6. The Kier molecular flexibility index (Phi) is 16.4. The highest BCUT2D eigenvalue weighted by Gasteiger charge is 2.47. The number of benzene rings is 2. The second kappa shape index (κ2) is 22.6. The number of likely N-dealkylation sites (tertiary alicyclic amines) is 1. The normalized spacial score (nSPS) is 19.1. The summed E-state index contributed by atoms with van der Waals surface area (Å²) in [5.74, 6) is 0.639. The fourth-order valence-electron chi connectivity index (χ4n) is 9.61. The summed E-state index contributed by atoms with van der Waals surface area (Å²) in [6, 6.07) is 9.05. The van der Waals surface area contributed by atoms with Gasteiger partial charge in [0, 0.05) is 68.9 Å². The van der Waals surface area contributed by atoms with E-state index in [4.69, 9.17) is 14.2 Å². The molecule has 5 N–H and O–H groups in total. The van der Waals surface area contributed by atoms with Crippen molar-refractivity contribution >= 4 is 62.1 Å². The number of nitrogens with zero attached hydrogens (tertiary/aromatic N) is 8. The molecule has 408 valence electrons. The number of piperazine rings is 1. The minimum atomic E-state index is -3.87. The smallest absolute Gasteiger partial charge is 0.407 e. The number of fused-ring (bicyclic) bond motifs is 2. The lowest BCUT2D eigenvalue weighted by atomic mass is 9.85. The number of carbonyl (C=O) groups excluding carboxylic acids is 4. The zero-order chi connectivity index (χ0) is 54.7. The first-order chi connectivity index (χ1) is 36.0. The Morgan fingerprint density at radius 2 is 1.66 bits per heavy atom. The zero-order valence-electron chi connectivity index (χ0n) is 45.0. The first-order valence-corrected chi connectivity index (χ1v) is 27.3. The summed E-state index contributed by atoms with van der Waals surface area (Å²) in [7, 11) is -2.49. The molecule has 2 aromatic carbocycles. The summed E-state index contributed by atoms with van der Waals surface area (Å²) in [5.41, 5.74) is 3.76. The van der Waals surface area contributed by atoms with Gasteiger partial charge in [-0.15, -0.1) is 0 Å². The van der Waals surface area contributed by atoms with Crippen LogP contribution >= 0.6 is 0 Å². The largest absolute Gasteiger partial charge is 0.491 e. The Morgan fingerprint density at radius 3 is 2.33 bits per heavy atom. The maximum absolute atomic E-state index is 14.7. The third-order valence-corrected chi connectivity index (χ3v) is 16.8. The molecule has 5 atom stereocenters. The lowest BCUT2D eigenvalue weighted by molar-refractivity contribution is -0.145. The van der Waals surface area contributed by atoms with Gasteiger partial charge in [-0.05, 0) is 83.4 Å². The fraction of sp³-hybridized carbons (Fsp3) is 0.528. The lowest BCUT2D eigenvalue weighted by Gasteiger charge is -2.36. The summed E-state index contributed by atoms with van der Waals surface area (Å²) >= 11 is 0. The molecule has 3 aliphatic rings. The van der Waals surface area contributed by atoms with Gasteiger partial charge < -0.3 is 45.3 Å². The molecule has 2 unspecified atom stereocenters. The van der Waals surface area contributed by atoms with Crippen LogP contribution in [0.5, 0.6) is 11.5 Å². The molecule has 0 spiro atoms. The Labute approximate surface area is 443 Å². The minimum Gasteiger partial charge on any atom is -0.491 e.